The Bertz CT molecular complexity index is 372. The lowest BCUT2D eigenvalue weighted by molar-refractivity contribution is 0.489. The molecule has 108 valence electrons. The number of aryl methyl sites for hydroxylation is 1. The standard InChI is InChI=1S/C17H30N2/c1-13(2)16-6-5-15(4)17(11-16)8-10-19-12-14(3)7-9-18/h5-6,11,13-14,19H,7-10,12,18H2,1-4H3. The molecule has 0 bridgehead atoms. The average Bonchev–Trinajstić information content (AvgIpc) is 2.36. The molecule has 0 heterocycles. The lowest BCUT2D eigenvalue weighted by Crippen LogP contribution is -2.25. The van der Waals surface area contributed by atoms with Crippen LogP contribution in [0.2, 0.25) is 0 Å². The van der Waals surface area contributed by atoms with Crippen molar-refractivity contribution in [2.75, 3.05) is 19.6 Å². The number of benzene rings is 1. The summed E-state index contributed by atoms with van der Waals surface area (Å²) >= 11 is 0. The Morgan fingerprint density at radius 1 is 1.21 bits per heavy atom. The van der Waals surface area contributed by atoms with Crippen LogP contribution >= 0.6 is 0 Å². The molecule has 0 aromatic heterocycles. The molecular formula is C17H30N2. The van der Waals surface area contributed by atoms with Crippen molar-refractivity contribution >= 4 is 0 Å². The first-order valence-corrected chi connectivity index (χ1v) is 7.54. The second-order valence-electron chi connectivity index (χ2n) is 5.98. The van der Waals surface area contributed by atoms with E-state index in [9.17, 15) is 0 Å². The molecule has 2 nitrogen and oxygen atoms in total. The SMILES string of the molecule is Cc1ccc(C(C)C)cc1CCNCC(C)CCN. The molecule has 1 aromatic rings. The molecule has 19 heavy (non-hydrogen) atoms. The Hall–Kier alpha value is -0.860. The van der Waals surface area contributed by atoms with Gasteiger partial charge in [0.15, 0.2) is 0 Å². The van der Waals surface area contributed by atoms with E-state index in [0.717, 1.165) is 32.5 Å². The first kappa shape index (κ1) is 16.2. The third-order valence-electron chi connectivity index (χ3n) is 3.76. The van der Waals surface area contributed by atoms with Crippen molar-refractivity contribution in [3.8, 4) is 0 Å². The van der Waals surface area contributed by atoms with Crippen molar-refractivity contribution in [3.05, 3.63) is 34.9 Å². The van der Waals surface area contributed by atoms with Crippen LogP contribution in [0.3, 0.4) is 0 Å². The van der Waals surface area contributed by atoms with Gasteiger partial charge in [-0.05, 0) is 67.9 Å². The predicted octanol–water partition coefficient (Wildman–Crippen LogP) is 3.24. The molecule has 0 aliphatic heterocycles. The molecule has 0 aliphatic carbocycles. The summed E-state index contributed by atoms with van der Waals surface area (Å²) in [7, 11) is 0. The lowest BCUT2D eigenvalue weighted by atomic mass is 9.96. The number of nitrogens with two attached hydrogens (primary N) is 1. The van der Waals surface area contributed by atoms with Crippen molar-refractivity contribution in [1.82, 2.24) is 5.32 Å². The number of nitrogens with one attached hydrogen (secondary N) is 1. The molecule has 0 amide bonds. The summed E-state index contributed by atoms with van der Waals surface area (Å²) in [6.07, 6.45) is 2.22. The molecular weight excluding hydrogens is 232 g/mol. The van der Waals surface area contributed by atoms with E-state index in [1.54, 1.807) is 0 Å². The van der Waals surface area contributed by atoms with Crippen LogP contribution < -0.4 is 11.1 Å². The molecule has 2 heteroatoms. The molecule has 1 rings (SSSR count). The normalized spacial score (nSPS) is 12.9. The molecule has 0 radical (unpaired) electrons. The van der Waals surface area contributed by atoms with E-state index in [4.69, 9.17) is 5.73 Å². The van der Waals surface area contributed by atoms with Crippen LogP contribution in [0.5, 0.6) is 0 Å². The first-order chi connectivity index (χ1) is 9.04. The van der Waals surface area contributed by atoms with Gasteiger partial charge in [0.05, 0.1) is 0 Å². The maximum absolute atomic E-state index is 5.56. The highest BCUT2D eigenvalue weighted by Crippen LogP contribution is 2.18. The highest BCUT2D eigenvalue weighted by Gasteiger charge is 2.04. The van der Waals surface area contributed by atoms with E-state index in [2.05, 4.69) is 51.2 Å². The number of rotatable bonds is 8. The summed E-state index contributed by atoms with van der Waals surface area (Å²) in [5, 5.41) is 3.54. The third-order valence-corrected chi connectivity index (χ3v) is 3.76. The maximum atomic E-state index is 5.56. The van der Waals surface area contributed by atoms with Gasteiger partial charge in [-0.15, -0.1) is 0 Å². The quantitative estimate of drug-likeness (QED) is 0.706. The van der Waals surface area contributed by atoms with Crippen molar-refractivity contribution < 1.29 is 0 Å². The van der Waals surface area contributed by atoms with Crippen LogP contribution in [-0.2, 0) is 6.42 Å². The van der Waals surface area contributed by atoms with Gasteiger partial charge in [-0.25, -0.2) is 0 Å². The Morgan fingerprint density at radius 3 is 2.58 bits per heavy atom. The van der Waals surface area contributed by atoms with Crippen LogP contribution in [0.25, 0.3) is 0 Å². The Kier molecular flexibility index (Phi) is 7.11. The molecule has 0 saturated heterocycles. The van der Waals surface area contributed by atoms with E-state index in [-0.39, 0.29) is 0 Å². The van der Waals surface area contributed by atoms with Crippen LogP contribution in [0, 0.1) is 12.8 Å². The van der Waals surface area contributed by atoms with E-state index in [1.165, 1.54) is 16.7 Å². The third kappa shape index (κ3) is 5.75. The second-order valence-corrected chi connectivity index (χ2v) is 5.98. The second kappa shape index (κ2) is 8.34. The summed E-state index contributed by atoms with van der Waals surface area (Å²) < 4.78 is 0. The minimum atomic E-state index is 0.608. The minimum absolute atomic E-state index is 0.608. The zero-order valence-electron chi connectivity index (χ0n) is 13.0. The van der Waals surface area contributed by atoms with Crippen molar-refractivity contribution in [1.29, 1.82) is 0 Å². The number of hydrogen-bond acceptors (Lipinski definition) is 2. The molecule has 0 saturated carbocycles. The first-order valence-electron chi connectivity index (χ1n) is 7.54. The largest absolute Gasteiger partial charge is 0.330 e. The zero-order valence-corrected chi connectivity index (χ0v) is 13.0. The van der Waals surface area contributed by atoms with Gasteiger partial charge in [0.1, 0.15) is 0 Å². The summed E-state index contributed by atoms with van der Waals surface area (Å²) in [4.78, 5) is 0. The summed E-state index contributed by atoms with van der Waals surface area (Å²) in [5.41, 5.74) is 9.88. The fourth-order valence-corrected chi connectivity index (χ4v) is 2.28. The van der Waals surface area contributed by atoms with Crippen LogP contribution in [0.1, 0.15) is 49.8 Å². The van der Waals surface area contributed by atoms with Crippen LogP contribution in [0.4, 0.5) is 0 Å². The topological polar surface area (TPSA) is 38.0 Å². The van der Waals surface area contributed by atoms with Gasteiger partial charge in [-0.1, -0.05) is 39.0 Å². The molecule has 0 fully saturated rings. The predicted molar refractivity (Wildman–Crippen MR) is 84.7 cm³/mol. The highest BCUT2D eigenvalue weighted by molar-refractivity contribution is 5.32. The van der Waals surface area contributed by atoms with E-state index >= 15 is 0 Å². The van der Waals surface area contributed by atoms with Crippen molar-refractivity contribution in [2.45, 2.75) is 46.5 Å². The van der Waals surface area contributed by atoms with E-state index in [1.807, 2.05) is 0 Å². The summed E-state index contributed by atoms with van der Waals surface area (Å²) in [6.45, 7) is 11.9. The smallest absolute Gasteiger partial charge is 0.000814 e. The molecule has 0 spiro atoms. The highest BCUT2D eigenvalue weighted by atomic mass is 14.8. The Morgan fingerprint density at radius 2 is 1.95 bits per heavy atom. The van der Waals surface area contributed by atoms with E-state index in [0.29, 0.717) is 11.8 Å². The Balaban J connectivity index is 2.42. The number of hydrogen-bond donors (Lipinski definition) is 2. The zero-order chi connectivity index (χ0) is 14.3. The van der Waals surface area contributed by atoms with Crippen molar-refractivity contribution in [2.24, 2.45) is 11.7 Å². The maximum Gasteiger partial charge on any atom is -0.000814 e. The van der Waals surface area contributed by atoms with Gasteiger partial charge in [0.2, 0.25) is 0 Å². The molecule has 1 atom stereocenters. The van der Waals surface area contributed by atoms with Gasteiger partial charge >= 0.3 is 0 Å². The fourth-order valence-electron chi connectivity index (χ4n) is 2.28. The van der Waals surface area contributed by atoms with Crippen LogP contribution in [-0.4, -0.2) is 19.6 Å². The summed E-state index contributed by atoms with van der Waals surface area (Å²) in [6, 6.07) is 6.87. The van der Waals surface area contributed by atoms with Gasteiger partial charge in [0.25, 0.3) is 0 Å². The van der Waals surface area contributed by atoms with Crippen molar-refractivity contribution in [3.63, 3.8) is 0 Å². The van der Waals surface area contributed by atoms with Gasteiger partial charge in [-0.3, -0.25) is 0 Å². The van der Waals surface area contributed by atoms with Gasteiger partial charge in [-0.2, -0.15) is 0 Å². The molecule has 1 aromatic carbocycles. The Labute approximate surface area is 118 Å². The summed E-state index contributed by atoms with van der Waals surface area (Å²) in [5.74, 6) is 1.28. The molecule has 3 N–H and O–H groups in total. The van der Waals surface area contributed by atoms with E-state index < -0.39 is 0 Å². The minimum Gasteiger partial charge on any atom is -0.330 e. The average molecular weight is 262 g/mol. The van der Waals surface area contributed by atoms with Crippen LogP contribution in [0.15, 0.2) is 18.2 Å². The molecule has 0 aliphatic rings. The fraction of sp³-hybridized carbons (Fsp3) is 0.647. The lowest BCUT2D eigenvalue weighted by Gasteiger charge is -2.14. The van der Waals surface area contributed by atoms with Gasteiger partial charge < -0.3 is 11.1 Å². The monoisotopic (exact) mass is 262 g/mol. The van der Waals surface area contributed by atoms with Gasteiger partial charge in [0, 0.05) is 0 Å². The molecule has 1 unspecified atom stereocenters.